The number of carboxylic acid groups (broad SMARTS) is 1. The predicted octanol–water partition coefficient (Wildman–Crippen LogP) is -0.444. The van der Waals surface area contributed by atoms with Crippen LogP contribution in [0.4, 0.5) is 5.82 Å². The summed E-state index contributed by atoms with van der Waals surface area (Å²) < 4.78 is 0. The van der Waals surface area contributed by atoms with Crippen LogP contribution in [-0.4, -0.2) is 31.2 Å². The average molecular weight is 252 g/mol. The van der Waals surface area contributed by atoms with E-state index < -0.39 is 11.2 Å². The molecule has 2 rings (SSSR count). The molecule has 1 atom stereocenters. The summed E-state index contributed by atoms with van der Waals surface area (Å²) in [5, 5.41) is 10.6. The zero-order valence-corrected chi connectivity index (χ0v) is 9.82. The first-order chi connectivity index (χ1) is 8.11. The molecule has 2 heterocycles. The van der Waals surface area contributed by atoms with Gasteiger partial charge in [-0.3, -0.25) is 0 Å². The number of rotatable bonds is 4. The van der Waals surface area contributed by atoms with Crippen molar-refractivity contribution in [2.24, 2.45) is 0 Å². The first-order valence-corrected chi connectivity index (χ1v) is 5.83. The Morgan fingerprint density at radius 2 is 2.41 bits per heavy atom. The second-order valence-electron chi connectivity index (χ2n) is 3.33. The van der Waals surface area contributed by atoms with Crippen molar-refractivity contribution < 1.29 is 9.90 Å². The first-order valence-electron chi connectivity index (χ1n) is 4.95. The Balaban J connectivity index is 2.31. The molecule has 3 N–H and O–H groups in total. The number of carboxylic acids is 1. The van der Waals surface area contributed by atoms with Crippen LogP contribution in [0, 0.1) is 0 Å². The number of aromatic nitrogens is 4. The van der Waals surface area contributed by atoms with Gasteiger partial charge < -0.3 is 20.6 Å². The lowest BCUT2D eigenvalue weighted by Gasteiger charge is -2.12. The first kappa shape index (κ1) is 11.6. The van der Waals surface area contributed by atoms with Crippen LogP contribution in [0.25, 0.3) is 11.2 Å². The number of carbonyl (C=O) groups is 1. The number of nitrogens with one attached hydrogen (secondary N) is 1. The van der Waals surface area contributed by atoms with E-state index in [1.165, 1.54) is 6.33 Å². The van der Waals surface area contributed by atoms with Gasteiger partial charge in [-0.1, -0.05) is 18.7 Å². The van der Waals surface area contributed by atoms with E-state index in [-0.39, 0.29) is 5.82 Å². The van der Waals surface area contributed by atoms with Gasteiger partial charge >= 0.3 is 0 Å². The van der Waals surface area contributed by atoms with E-state index in [1.807, 2.05) is 0 Å². The molecule has 0 amide bonds. The highest BCUT2D eigenvalue weighted by atomic mass is 32.2. The molecule has 0 aliphatic rings. The van der Waals surface area contributed by atoms with Crippen LogP contribution in [0.15, 0.2) is 11.5 Å². The molecular weight excluding hydrogens is 242 g/mol. The zero-order chi connectivity index (χ0) is 12.4. The number of aliphatic carboxylic acids is 1. The standard InChI is InChI=1S/C9H11N5O2S/c1-2-4(8(15)16)17-9-13-5-6(10)11-3-12-7(5)14-9/h3-4H,2H2,1H3,(H,15,16)(H3,10,11,12,13,14)/p-1/t4-/m1/s1. The summed E-state index contributed by atoms with van der Waals surface area (Å²) >= 11 is 1.08. The second-order valence-corrected chi connectivity index (χ2v) is 4.52. The summed E-state index contributed by atoms with van der Waals surface area (Å²) in [4.78, 5) is 25.6. The highest BCUT2D eigenvalue weighted by Gasteiger charge is 2.14. The van der Waals surface area contributed by atoms with E-state index >= 15 is 0 Å². The highest BCUT2D eigenvalue weighted by molar-refractivity contribution is 8.00. The number of nitrogens with zero attached hydrogens (tertiary/aromatic N) is 3. The second kappa shape index (κ2) is 4.58. The van der Waals surface area contributed by atoms with Crippen molar-refractivity contribution in [2.45, 2.75) is 23.8 Å². The molecule has 0 aromatic carbocycles. The van der Waals surface area contributed by atoms with Gasteiger partial charge in [0.15, 0.2) is 16.6 Å². The molecule has 90 valence electrons. The molecule has 0 spiro atoms. The number of nitrogen functional groups attached to an aromatic ring is 1. The number of H-pyrrole nitrogens is 1. The monoisotopic (exact) mass is 252 g/mol. The maximum Gasteiger partial charge on any atom is 0.183 e. The Bertz CT molecular complexity index is 555. The van der Waals surface area contributed by atoms with E-state index in [9.17, 15) is 9.90 Å². The van der Waals surface area contributed by atoms with Gasteiger partial charge in [0.1, 0.15) is 11.8 Å². The van der Waals surface area contributed by atoms with Gasteiger partial charge in [0.2, 0.25) is 0 Å². The van der Waals surface area contributed by atoms with Gasteiger partial charge in [-0.15, -0.1) is 0 Å². The van der Waals surface area contributed by atoms with Crippen LogP contribution in [0.3, 0.4) is 0 Å². The van der Waals surface area contributed by atoms with Crippen molar-refractivity contribution in [1.29, 1.82) is 0 Å². The van der Waals surface area contributed by atoms with Gasteiger partial charge in [-0.25, -0.2) is 15.0 Å². The third-order valence-corrected chi connectivity index (χ3v) is 3.41. The van der Waals surface area contributed by atoms with Crippen molar-refractivity contribution in [3.8, 4) is 0 Å². The summed E-state index contributed by atoms with van der Waals surface area (Å²) in [5.74, 6) is -0.826. The third-order valence-electron chi connectivity index (χ3n) is 2.18. The fourth-order valence-electron chi connectivity index (χ4n) is 1.31. The molecule has 2 aromatic heterocycles. The molecule has 17 heavy (non-hydrogen) atoms. The summed E-state index contributed by atoms with van der Waals surface area (Å²) in [6.45, 7) is 1.77. The van der Waals surface area contributed by atoms with Gasteiger partial charge in [0, 0.05) is 0 Å². The third kappa shape index (κ3) is 2.31. The smallest absolute Gasteiger partial charge is 0.183 e. The van der Waals surface area contributed by atoms with Crippen molar-refractivity contribution >= 4 is 34.7 Å². The van der Waals surface area contributed by atoms with Crippen LogP contribution in [-0.2, 0) is 4.79 Å². The summed E-state index contributed by atoms with van der Waals surface area (Å²) in [6, 6.07) is 0. The normalized spacial score (nSPS) is 12.8. The van der Waals surface area contributed by atoms with Gasteiger partial charge in [0.25, 0.3) is 0 Å². The zero-order valence-electron chi connectivity index (χ0n) is 9.01. The van der Waals surface area contributed by atoms with E-state index in [2.05, 4.69) is 19.9 Å². The Morgan fingerprint density at radius 1 is 1.65 bits per heavy atom. The molecule has 0 saturated heterocycles. The fraction of sp³-hybridized carbons (Fsp3) is 0.333. The van der Waals surface area contributed by atoms with Gasteiger partial charge in [-0.2, -0.15) is 0 Å². The van der Waals surface area contributed by atoms with Crippen molar-refractivity contribution in [1.82, 2.24) is 19.9 Å². The molecule has 0 aliphatic carbocycles. The molecular formula is C9H10N5O2S-. The molecule has 7 nitrogen and oxygen atoms in total. The number of nitrogens with two attached hydrogens (primary N) is 1. The molecule has 0 saturated carbocycles. The minimum absolute atomic E-state index is 0.288. The van der Waals surface area contributed by atoms with E-state index in [1.54, 1.807) is 6.92 Å². The molecule has 0 aliphatic heterocycles. The topological polar surface area (TPSA) is 121 Å². The lowest BCUT2D eigenvalue weighted by atomic mass is 10.3. The lowest BCUT2D eigenvalue weighted by Crippen LogP contribution is -2.33. The maximum absolute atomic E-state index is 10.8. The van der Waals surface area contributed by atoms with Gasteiger partial charge in [0.05, 0.1) is 11.2 Å². The fourth-order valence-corrected chi connectivity index (χ4v) is 2.15. The predicted molar refractivity (Wildman–Crippen MR) is 61.0 cm³/mol. The van der Waals surface area contributed by atoms with E-state index in [0.717, 1.165) is 11.8 Å². The maximum atomic E-state index is 10.8. The Hall–Kier alpha value is -1.83. The van der Waals surface area contributed by atoms with Crippen molar-refractivity contribution in [2.75, 3.05) is 5.73 Å². The van der Waals surface area contributed by atoms with Crippen LogP contribution in [0.5, 0.6) is 0 Å². The molecule has 0 bridgehead atoms. The molecule has 0 radical (unpaired) electrons. The number of thioether (sulfide) groups is 1. The number of hydrogen-bond donors (Lipinski definition) is 2. The molecule has 2 aromatic rings. The van der Waals surface area contributed by atoms with Crippen molar-refractivity contribution in [3.05, 3.63) is 6.33 Å². The van der Waals surface area contributed by atoms with Crippen LogP contribution < -0.4 is 10.8 Å². The number of hydrogen-bond acceptors (Lipinski definition) is 7. The molecule has 0 fully saturated rings. The molecule has 0 unspecified atom stereocenters. The number of aromatic amines is 1. The minimum Gasteiger partial charge on any atom is -0.549 e. The highest BCUT2D eigenvalue weighted by Crippen LogP contribution is 2.25. The summed E-state index contributed by atoms with van der Waals surface area (Å²) in [6.07, 6.45) is 1.76. The summed E-state index contributed by atoms with van der Waals surface area (Å²) in [5.41, 5.74) is 6.57. The molecule has 8 heteroatoms. The van der Waals surface area contributed by atoms with E-state index in [0.29, 0.717) is 22.7 Å². The van der Waals surface area contributed by atoms with Crippen LogP contribution in [0.1, 0.15) is 13.3 Å². The SMILES string of the molecule is CC[C@@H](Sc1nc2ncnc(N)c2[nH]1)C(=O)[O-]. The Morgan fingerprint density at radius 3 is 3.00 bits per heavy atom. The lowest BCUT2D eigenvalue weighted by molar-refractivity contribution is -0.304. The number of fused-ring (bicyclic) bond motifs is 1. The Kier molecular flexibility index (Phi) is 3.14. The quantitative estimate of drug-likeness (QED) is 0.707. The average Bonchev–Trinajstić information content (AvgIpc) is 2.69. The van der Waals surface area contributed by atoms with Crippen LogP contribution in [0.2, 0.25) is 0 Å². The van der Waals surface area contributed by atoms with Crippen LogP contribution >= 0.6 is 11.8 Å². The number of anilines is 1. The number of carbonyl (C=O) groups excluding carboxylic acids is 1. The summed E-state index contributed by atoms with van der Waals surface area (Å²) in [7, 11) is 0. The van der Waals surface area contributed by atoms with Gasteiger partial charge in [-0.05, 0) is 6.42 Å². The largest absolute Gasteiger partial charge is 0.549 e. The minimum atomic E-state index is -1.11. The number of imidazole rings is 1. The van der Waals surface area contributed by atoms with Crippen molar-refractivity contribution in [3.63, 3.8) is 0 Å². The Labute approximate surface area is 101 Å². The van der Waals surface area contributed by atoms with E-state index in [4.69, 9.17) is 5.73 Å².